The number of rotatable bonds is 6. The van der Waals surface area contributed by atoms with E-state index in [9.17, 15) is 4.79 Å². The van der Waals surface area contributed by atoms with E-state index in [1.165, 1.54) is 12.4 Å². The summed E-state index contributed by atoms with van der Waals surface area (Å²) in [4.78, 5) is 17.6. The van der Waals surface area contributed by atoms with Crippen molar-refractivity contribution in [2.75, 3.05) is 7.11 Å². The van der Waals surface area contributed by atoms with E-state index in [0.29, 0.717) is 28.4 Å². The van der Waals surface area contributed by atoms with E-state index < -0.39 is 0 Å². The first kappa shape index (κ1) is 19.9. The second-order valence-corrected chi connectivity index (χ2v) is 7.50. The van der Waals surface area contributed by atoms with Crippen molar-refractivity contribution in [1.82, 2.24) is 24.9 Å². The number of methoxy groups -OCH3 is 1. The number of carbonyl (C=O) groups excluding carboxylic acids is 1. The molecule has 0 spiro atoms. The molecule has 0 aliphatic heterocycles. The molecule has 32 heavy (non-hydrogen) atoms. The molecule has 0 unspecified atom stereocenters. The van der Waals surface area contributed by atoms with Crippen molar-refractivity contribution in [3.8, 4) is 17.2 Å². The second-order valence-electron chi connectivity index (χ2n) is 7.06. The van der Waals surface area contributed by atoms with Crippen LogP contribution in [-0.4, -0.2) is 37.8 Å². The first-order valence-corrected chi connectivity index (χ1v) is 10.1. The summed E-state index contributed by atoms with van der Waals surface area (Å²) >= 11 is 6.01. The molecule has 0 radical (unpaired) electrons. The third kappa shape index (κ3) is 3.72. The van der Waals surface area contributed by atoms with Crippen LogP contribution in [0.5, 0.6) is 5.75 Å². The summed E-state index contributed by atoms with van der Waals surface area (Å²) in [5.74, 6) is 0.457. The van der Waals surface area contributed by atoms with Gasteiger partial charge >= 0.3 is 0 Å². The lowest BCUT2D eigenvalue weighted by Gasteiger charge is -2.06. The van der Waals surface area contributed by atoms with Gasteiger partial charge in [-0.05, 0) is 42.0 Å². The fraction of sp³-hybridized carbons (Fsp3) is 0.0870. The van der Waals surface area contributed by atoms with Crippen LogP contribution in [-0.2, 0) is 6.54 Å². The van der Waals surface area contributed by atoms with Gasteiger partial charge in [-0.2, -0.15) is 15.2 Å². The number of benzene rings is 2. The third-order valence-electron chi connectivity index (χ3n) is 5.06. The maximum atomic E-state index is 13.3. The van der Waals surface area contributed by atoms with E-state index in [-0.39, 0.29) is 17.5 Å². The number of nitrogens with zero attached hydrogens (tertiary/aromatic N) is 5. The number of aromatic nitrogens is 5. The summed E-state index contributed by atoms with van der Waals surface area (Å²) in [6.45, 7) is 0.563. The minimum absolute atomic E-state index is 0.0369. The summed E-state index contributed by atoms with van der Waals surface area (Å²) in [7, 11) is 1.58. The number of hydrogen-bond donors (Lipinski definition) is 0. The first-order valence-electron chi connectivity index (χ1n) is 9.69. The molecule has 0 aliphatic rings. The molecule has 0 saturated carbocycles. The third-order valence-corrected chi connectivity index (χ3v) is 5.31. The zero-order valence-electron chi connectivity index (χ0n) is 16.9. The van der Waals surface area contributed by atoms with Crippen molar-refractivity contribution in [2.45, 2.75) is 6.54 Å². The quantitative estimate of drug-likeness (QED) is 0.357. The highest BCUT2D eigenvalue weighted by Crippen LogP contribution is 2.29. The van der Waals surface area contributed by atoms with Crippen molar-refractivity contribution >= 4 is 28.3 Å². The Labute approximate surface area is 187 Å². The van der Waals surface area contributed by atoms with Crippen LogP contribution in [0.2, 0.25) is 5.02 Å². The van der Waals surface area contributed by atoms with Gasteiger partial charge in [-0.25, -0.2) is 0 Å². The Morgan fingerprint density at radius 3 is 2.72 bits per heavy atom. The van der Waals surface area contributed by atoms with Crippen molar-refractivity contribution < 1.29 is 14.1 Å². The van der Waals surface area contributed by atoms with Crippen molar-refractivity contribution in [3.63, 3.8) is 0 Å². The van der Waals surface area contributed by atoms with Crippen molar-refractivity contribution in [1.29, 1.82) is 0 Å². The summed E-state index contributed by atoms with van der Waals surface area (Å²) in [6, 6.07) is 14.9. The lowest BCUT2D eigenvalue weighted by molar-refractivity contribution is 0.102. The molecule has 0 N–H and O–H groups in total. The van der Waals surface area contributed by atoms with Gasteiger partial charge in [-0.3, -0.25) is 4.79 Å². The summed E-state index contributed by atoms with van der Waals surface area (Å²) in [5.41, 5.74) is 2.96. The van der Waals surface area contributed by atoms with Crippen LogP contribution in [0.3, 0.4) is 0 Å². The van der Waals surface area contributed by atoms with Gasteiger partial charge in [0.15, 0.2) is 0 Å². The van der Waals surface area contributed by atoms with E-state index in [1.54, 1.807) is 19.4 Å². The number of carbonyl (C=O) groups is 1. The molecule has 2 aromatic carbocycles. The highest BCUT2D eigenvalue weighted by Gasteiger charge is 2.23. The van der Waals surface area contributed by atoms with Crippen LogP contribution in [0.15, 0.2) is 71.6 Å². The van der Waals surface area contributed by atoms with Crippen LogP contribution in [0.25, 0.3) is 22.4 Å². The SMILES string of the molecule is COc1ccc2c(c1)c(C(=O)c1noc(-c3ccnnc3)n1)cn2Cc1ccc(Cl)cc1. The lowest BCUT2D eigenvalue weighted by atomic mass is 10.1. The van der Waals surface area contributed by atoms with Crippen LogP contribution in [0.1, 0.15) is 21.7 Å². The Morgan fingerprint density at radius 2 is 1.97 bits per heavy atom. The van der Waals surface area contributed by atoms with Gasteiger partial charge in [0.1, 0.15) is 5.75 Å². The molecule has 0 atom stereocenters. The highest BCUT2D eigenvalue weighted by molar-refractivity contribution is 6.30. The Hall–Kier alpha value is -4.04. The molecule has 5 aromatic rings. The Bertz CT molecular complexity index is 1410. The molecule has 9 heteroatoms. The summed E-state index contributed by atoms with van der Waals surface area (Å²) in [6.07, 6.45) is 4.80. The predicted molar refractivity (Wildman–Crippen MR) is 118 cm³/mol. The van der Waals surface area contributed by atoms with E-state index in [4.69, 9.17) is 20.9 Å². The van der Waals surface area contributed by atoms with Gasteiger partial charge in [0.25, 0.3) is 5.89 Å². The van der Waals surface area contributed by atoms with Gasteiger partial charge in [-0.1, -0.05) is 28.9 Å². The number of fused-ring (bicyclic) bond motifs is 1. The van der Waals surface area contributed by atoms with Crippen molar-refractivity contribution in [2.24, 2.45) is 0 Å². The van der Waals surface area contributed by atoms with Crippen molar-refractivity contribution in [3.05, 3.63) is 89.1 Å². The zero-order valence-corrected chi connectivity index (χ0v) is 17.7. The maximum absolute atomic E-state index is 13.3. The number of ether oxygens (including phenoxy) is 1. The molecular formula is C23H16ClN5O3. The molecule has 158 valence electrons. The molecule has 0 amide bonds. The summed E-state index contributed by atoms with van der Waals surface area (Å²) in [5, 5.41) is 12.8. The first-order chi connectivity index (χ1) is 15.6. The van der Waals surface area contributed by atoms with Crippen LogP contribution >= 0.6 is 11.6 Å². The highest BCUT2D eigenvalue weighted by atomic mass is 35.5. The smallest absolute Gasteiger partial charge is 0.260 e. The predicted octanol–water partition coefficient (Wildman–Crippen LogP) is 4.42. The molecule has 0 saturated heterocycles. The molecule has 0 aliphatic carbocycles. The topological polar surface area (TPSA) is 95.9 Å². The van der Waals surface area contributed by atoms with Crippen LogP contribution < -0.4 is 4.74 Å². The molecule has 0 bridgehead atoms. The van der Waals surface area contributed by atoms with E-state index in [1.807, 2.05) is 47.0 Å². The molecule has 3 aromatic heterocycles. The molecule has 3 heterocycles. The fourth-order valence-electron chi connectivity index (χ4n) is 3.47. The molecular weight excluding hydrogens is 430 g/mol. The Morgan fingerprint density at radius 1 is 1.12 bits per heavy atom. The lowest BCUT2D eigenvalue weighted by Crippen LogP contribution is -2.03. The van der Waals surface area contributed by atoms with Crippen LogP contribution in [0.4, 0.5) is 0 Å². The van der Waals surface area contributed by atoms with Gasteiger partial charge < -0.3 is 13.8 Å². The minimum Gasteiger partial charge on any atom is -0.497 e. The standard InChI is InChI=1S/C23H16ClN5O3/c1-31-17-6-7-20-18(10-17)19(13-29(20)12-14-2-4-16(24)5-3-14)21(30)22-27-23(32-28-22)15-8-9-25-26-11-15/h2-11,13H,12H2,1H3. The van der Waals surface area contributed by atoms with Gasteiger partial charge in [-0.15, -0.1) is 0 Å². The molecule has 8 nitrogen and oxygen atoms in total. The summed E-state index contributed by atoms with van der Waals surface area (Å²) < 4.78 is 12.6. The van der Waals surface area contributed by atoms with E-state index in [2.05, 4.69) is 20.3 Å². The second kappa shape index (κ2) is 8.24. The van der Waals surface area contributed by atoms with Gasteiger partial charge in [0.2, 0.25) is 11.6 Å². The number of halogens is 1. The Balaban J connectivity index is 1.56. The average Bonchev–Trinajstić information content (AvgIpc) is 3.46. The van der Waals surface area contributed by atoms with Crippen LogP contribution in [0, 0.1) is 0 Å². The normalized spacial score (nSPS) is 11.1. The number of hydrogen-bond acceptors (Lipinski definition) is 7. The fourth-order valence-corrected chi connectivity index (χ4v) is 3.60. The van der Waals surface area contributed by atoms with Gasteiger partial charge in [0.05, 0.1) is 30.6 Å². The Kier molecular flexibility index (Phi) is 5.12. The average molecular weight is 446 g/mol. The maximum Gasteiger partial charge on any atom is 0.260 e. The number of ketones is 1. The van der Waals surface area contributed by atoms with Gasteiger partial charge in [0, 0.05) is 28.7 Å². The monoisotopic (exact) mass is 445 g/mol. The van der Waals surface area contributed by atoms with E-state index in [0.717, 1.165) is 16.5 Å². The van der Waals surface area contributed by atoms with E-state index >= 15 is 0 Å². The largest absolute Gasteiger partial charge is 0.497 e. The molecule has 0 fully saturated rings. The molecule has 5 rings (SSSR count). The minimum atomic E-state index is -0.352. The zero-order chi connectivity index (χ0) is 22.1.